The zero-order chi connectivity index (χ0) is 52.4. The molecule has 1 aromatic heterocycles. The standard InChI is InChI=1S/C64H74N4O6/c1-60(2,69-9)39-43-73-62(5,6)37-41-71-53-35-23-33-51(45-53)59-65-57(49-29-19-13-20-30-49)58(50-31-21-14-22-32-50)68(59)64(66-55(47-25-15-11-16-26-47)56(67-64)48-27-17-12-18-28-48)52-34-24-36-54(46-52)72-42-38-63(7,8)74-44-40-61(3,4)70-10/h11-36,45-46H,37-44H2,1-10H3. The largest absolute Gasteiger partial charge is 0.493 e. The van der Waals surface area contributed by atoms with Crippen LogP contribution in [0.4, 0.5) is 0 Å². The molecule has 1 aliphatic rings. The topological polar surface area (TPSA) is 97.9 Å². The van der Waals surface area contributed by atoms with E-state index in [0.717, 1.165) is 69.0 Å². The first-order valence-corrected chi connectivity index (χ1v) is 25.9. The van der Waals surface area contributed by atoms with Crippen LogP contribution in [0.25, 0.3) is 33.9 Å². The van der Waals surface area contributed by atoms with Gasteiger partial charge < -0.3 is 28.4 Å². The van der Waals surface area contributed by atoms with Crippen molar-refractivity contribution in [1.29, 1.82) is 0 Å². The van der Waals surface area contributed by atoms with Crippen molar-refractivity contribution in [3.05, 3.63) is 187 Å². The molecule has 0 N–H and O–H groups in total. The number of ether oxygens (including phenoxy) is 6. The second-order valence-electron chi connectivity index (χ2n) is 21.4. The summed E-state index contributed by atoms with van der Waals surface area (Å²) in [6.45, 7) is 18.8. The lowest BCUT2D eigenvalue weighted by molar-refractivity contribution is -0.0653. The fraction of sp³-hybridized carbons (Fsp3) is 0.359. The van der Waals surface area contributed by atoms with E-state index in [1.54, 1.807) is 14.2 Å². The molecule has 386 valence electrons. The summed E-state index contributed by atoms with van der Waals surface area (Å²) in [5, 5.41) is 0. The van der Waals surface area contributed by atoms with Crippen molar-refractivity contribution in [2.75, 3.05) is 40.6 Å². The highest BCUT2D eigenvalue weighted by atomic mass is 16.5. The van der Waals surface area contributed by atoms with Crippen LogP contribution in [0.3, 0.4) is 0 Å². The Kier molecular flexibility index (Phi) is 16.8. The molecule has 0 radical (unpaired) electrons. The molecule has 2 heterocycles. The fourth-order valence-corrected chi connectivity index (χ4v) is 8.82. The summed E-state index contributed by atoms with van der Waals surface area (Å²) < 4.78 is 39.5. The maximum atomic E-state index is 6.68. The molecule has 6 aromatic carbocycles. The summed E-state index contributed by atoms with van der Waals surface area (Å²) in [5.41, 5.74) is 7.22. The van der Waals surface area contributed by atoms with Gasteiger partial charge in [0.1, 0.15) is 17.3 Å². The van der Waals surface area contributed by atoms with E-state index in [9.17, 15) is 0 Å². The Balaban J connectivity index is 1.29. The molecule has 74 heavy (non-hydrogen) atoms. The van der Waals surface area contributed by atoms with E-state index in [4.69, 9.17) is 43.4 Å². The van der Waals surface area contributed by atoms with Gasteiger partial charge in [0.2, 0.25) is 0 Å². The Hall–Kier alpha value is -6.69. The maximum Gasteiger partial charge on any atom is 0.261 e. The lowest BCUT2D eigenvalue weighted by Crippen LogP contribution is -2.32. The van der Waals surface area contributed by atoms with Gasteiger partial charge in [-0.25, -0.2) is 15.0 Å². The highest BCUT2D eigenvalue weighted by Gasteiger charge is 2.45. The molecule has 0 fully saturated rings. The van der Waals surface area contributed by atoms with Crippen LogP contribution < -0.4 is 9.47 Å². The molecule has 8 rings (SSSR count). The number of hydrogen-bond acceptors (Lipinski definition) is 9. The number of imidazole rings is 1. The number of aromatic nitrogens is 2. The van der Waals surface area contributed by atoms with E-state index >= 15 is 0 Å². The molecule has 10 heteroatoms. The van der Waals surface area contributed by atoms with Crippen LogP contribution in [0, 0.1) is 0 Å². The quantitative estimate of drug-likeness (QED) is 0.0562. The summed E-state index contributed by atoms with van der Waals surface area (Å²) in [4.78, 5) is 17.5. The zero-order valence-corrected chi connectivity index (χ0v) is 45.1. The molecule has 0 saturated heterocycles. The van der Waals surface area contributed by atoms with E-state index < -0.39 is 17.0 Å². The van der Waals surface area contributed by atoms with Gasteiger partial charge in [0.05, 0.1) is 71.6 Å². The highest BCUT2D eigenvalue weighted by molar-refractivity contribution is 6.54. The normalized spacial score (nSPS) is 13.9. The van der Waals surface area contributed by atoms with E-state index in [1.807, 2.05) is 72.8 Å². The predicted octanol–water partition coefficient (Wildman–Crippen LogP) is 14.3. The Morgan fingerprint density at radius 1 is 0.419 bits per heavy atom. The minimum Gasteiger partial charge on any atom is -0.493 e. The van der Waals surface area contributed by atoms with Crippen molar-refractivity contribution in [1.82, 2.24) is 9.55 Å². The summed E-state index contributed by atoms with van der Waals surface area (Å²) in [6.07, 6.45) is 2.92. The van der Waals surface area contributed by atoms with Crippen molar-refractivity contribution in [3.8, 4) is 45.4 Å². The smallest absolute Gasteiger partial charge is 0.261 e. The molecule has 0 unspecified atom stereocenters. The van der Waals surface area contributed by atoms with Gasteiger partial charge in [-0.15, -0.1) is 0 Å². The van der Waals surface area contributed by atoms with Gasteiger partial charge in [0, 0.05) is 60.4 Å². The second-order valence-corrected chi connectivity index (χ2v) is 21.4. The molecule has 0 bridgehead atoms. The van der Waals surface area contributed by atoms with Crippen LogP contribution in [-0.4, -0.2) is 84.0 Å². The van der Waals surface area contributed by atoms with Crippen molar-refractivity contribution in [2.24, 2.45) is 9.98 Å². The maximum absolute atomic E-state index is 6.68. The lowest BCUT2D eigenvalue weighted by atomic mass is 10.0. The van der Waals surface area contributed by atoms with Gasteiger partial charge in [-0.05, 0) is 92.5 Å². The summed E-state index contributed by atoms with van der Waals surface area (Å²) >= 11 is 0. The third-order valence-electron chi connectivity index (χ3n) is 13.9. The second kappa shape index (κ2) is 23.2. The number of hydrogen-bond donors (Lipinski definition) is 0. The van der Waals surface area contributed by atoms with Crippen molar-refractivity contribution < 1.29 is 28.4 Å². The summed E-state index contributed by atoms with van der Waals surface area (Å²) in [7, 11) is 3.48. The molecule has 0 saturated carbocycles. The first-order chi connectivity index (χ1) is 35.5. The molecule has 0 atom stereocenters. The van der Waals surface area contributed by atoms with Crippen molar-refractivity contribution in [3.63, 3.8) is 0 Å². The van der Waals surface area contributed by atoms with Gasteiger partial charge in [-0.1, -0.05) is 146 Å². The van der Waals surface area contributed by atoms with Gasteiger partial charge in [0.25, 0.3) is 5.79 Å². The van der Waals surface area contributed by atoms with E-state index in [0.29, 0.717) is 56.6 Å². The zero-order valence-electron chi connectivity index (χ0n) is 45.1. The van der Waals surface area contributed by atoms with Gasteiger partial charge in [-0.2, -0.15) is 0 Å². The van der Waals surface area contributed by atoms with Gasteiger partial charge >= 0.3 is 0 Å². The Bertz CT molecular complexity index is 2930. The van der Waals surface area contributed by atoms with Crippen LogP contribution >= 0.6 is 0 Å². The van der Waals surface area contributed by atoms with Crippen molar-refractivity contribution >= 4 is 11.4 Å². The highest BCUT2D eigenvalue weighted by Crippen LogP contribution is 2.47. The van der Waals surface area contributed by atoms with Gasteiger partial charge in [-0.3, -0.25) is 4.57 Å². The lowest BCUT2D eigenvalue weighted by Gasteiger charge is -2.30. The summed E-state index contributed by atoms with van der Waals surface area (Å²) in [5.74, 6) is 0.605. The number of nitrogens with zero attached hydrogens (tertiary/aromatic N) is 4. The first kappa shape index (κ1) is 53.6. The third kappa shape index (κ3) is 13.2. The summed E-state index contributed by atoms with van der Waals surface area (Å²) in [6, 6.07) is 57.8. The number of aliphatic imine (C=N–C) groups is 2. The van der Waals surface area contributed by atoms with Crippen LogP contribution in [0.1, 0.15) is 97.8 Å². The molecular formula is C64H74N4O6. The van der Waals surface area contributed by atoms with E-state index in [-0.39, 0.29) is 11.2 Å². The van der Waals surface area contributed by atoms with Crippen LogP contribution in [0.5, 0.6) is 11.5 Å². The Morgan fingerprint density at radius 3 is 1.30 bits per heavy atom. The molecular weight excluding hydrogens is 921 g/mol. The average Bonchev–Trinajstić information content (AvgIpc) is 4.02. The number of benzene rings is 6. The SMILES string of the molecule is COC(C)(C)CCOC(C)(C)CCOc1cccc(-c2nc(-c3ccccc3)c(-c3ccccc3)n2C2(c3cccc(OCCC(C)(C)OCCC(C)(C)OC)c3)N=C(c3ccccc3)C(c3ccccc3)=N2)c1. The minimum atomic E-state index is -1.46. The van der Waals surface area contributed by atoms with Gasteiger partial charge in [0.15, 0.2) is 0 Å². The number of rotatable bonds is 25. The average molecular weight is 995 g/mol. The molecule has 10 nitrogen and oxygen atoms in total. The Labute approximate surface area is 439 Å². The fourth-order valence-electron chi connectivity index (χ4n) is 8.82. The minimum absolute atomic E-state index is 0.259. The first-order valence-electron chi connectivity index (χ1n) is 25.9. The predicted molar refractivity (Wildman–Crippen MR) is 300 cm³/mol. The molecule has 0 spiro atoms. The molecule has 7 aromatic rings. The molecule has 0 aliphatic carbocycles. The molecule has 1 aliphatic heterocycles. The monoisotopic (exact) mass is 995 g/mol. The van der Waals surface area contributed by atoms with E-state index in [1.165, 1.54) is 0 Å². The third-order valence-corrected chi connectivity index (χ3v) is 13.9. The van der Waals surface area contributed by atoms with Crippen LogP contribution in [0.2, 0.25) is 0 Å². The molecule has 0 amide bonds. The van der Waals surface area contributed by atoms with Crippen molar-refractivity contribution in [2.45, 2.75) is 109 Å². The van der Waals surface area contributed by atoms with Crippen LogP contribution in [0.15, 0.2) is 180 Å². The van der Waals surface area contributed by atoms with Crippen LogP contribution in [-0.2, 0) is 24.7 Å². The van der Waals surface area contributed by atoms with E-state index in [2.05, 4.69) is 157 Å². The Morgan fingerprint density at radius 2 is 0.824 bits per heavy atom. The number of methoxy groups -OCH3 is 2.